The van der Waals surface area contributed by atoms with Gasteiger partial charge in [0, 0.05) is 67.5 Å². The Balaban J connectivity index is 1.10. The van der Waals surface area contributed by atoms with Crippen LogP contribution in [0.1, 0.15) is 99.3 Å². The second-order valence-corrected chi connectivity index (χ2v) is 17.0. The van der Waals surface area contributed by atoms with Crippen molar-refractivity contribution in [3.63, 3.8) is 0 Å². The number of anilines is 1. The van der Waals surface area contributed by atoms with E-state index in [9.17, 15) is 14.4 Å². The van der Waals surface area contributed by atoms with Crippen LogP contribution < -0.4 is 10.6 Å². The molecule has 280 valence electrons. The molecular weight excluding hydrogens is 666 g/mol. The molecule has 4 aliphatic rings. The largest absolute Gasteiger partial charge is 0.463 e. The average Bonchev–Trinajstić information content (AvgIpc) is 3.42. The normalized spacial score (nSPS) is 34.8. The Morgan fingerprint density at radius 2 is 1.69 bits per heavy atom. The molecule has 0 saturated heterocycles. The van der Waals surface area contributed by atoms with Gasteiger partial charge < -0.3 is 24.8 Å². The van der Waals surface area contributed by atoms with E-state index >= 15 is 0 Å². The second kappa shape index (κ2) is 15.6. The van der Waals surface area contributed by atoms with Gasteiger partial charge in [0.15, 0.2) is 0 Å². The zero-order valence-electron chi connectivity index (χ0n) is 31.3. The molecule has 4 fully saturated rings. The summed E-state index contributed by atoms with van der Waals surface area (Å²) >= 11 is 6.15. The van der Waals surface area contributed by atoms with Crippen LogP contribution in [0.15, 0.2) is 30.5 Å². The molecule has 1 aromatic carbocycles. The number of benzene rings is 1. The molecule has 4 saturated carbocycles. The van der Waals surface area contributed by atoms with Gasteiger partial charge in [-0.3, -0.25) is 19.4 Å². The fourth-order valence-electron chi connectivity index (χ4n) is 11.6. The third kappa shape index (κ3) is 7.76. The second-order valence-electron chi connectivity index (χ2n) is 16.6. The molecule has 3 unspecified atom stereocenters. The highest BCUT2D eigenvalue weighted by Gasteiger charge is 2.67. The van der Waals surface area contributed by atoms with Gasteiger partial charge in [-0.25, -0.2) is 0 Å². The van der Waals surface area contributed by atoms with Crippen LogP contribution in [-0.2, 0) is 28.6 Å². The molecular formula is C41H58ClN3O6. The van der Waals surface area contributed by atoms with Gasteiger partial charge in [0.25, 0.3) is 0 Å². The number of nitrogens with one attached hydrogen (secondary N) is 2. The Morgan fingerprint density at radius 3 is 2.43 bits per heavy atom. The van der Waals surface area contributed by atoms with Crippen molar-refractivity contribution >= 4 is 46.1 Å². The van der Waals surface area contributed by atoms with Gasteiger partial charge in [0.05, 0.1) is 5.52 Å². The van der Waals surface area contributed by atoms with Gasteiger partial charge in [-0.2, -0.15) is 0 Å². The summed E-state index contributed by atoms with van der Waals surface area (Å²) in [7, 11) is 0. The van der Waals surface area contributed by atoms with E-state index in [0.29, 0.717) is 22.8 Å². The Labute approximate surface area is 308 Å². The Hall–Kier alpha value is -2.91. The molecule has 2 aromatic rings. The first-order valence-electron chi connectivity index (χ1n) is 19.3. The summed E-state index contributed by atoms with van der Waals surface area (Å²) in [6, 6.07) is 7.79. The van der Waals surface area contributed by atoms with Gasteiger partial charge in [0.2, 0.25) is 0 Å². The molecule has 0 amide bonds. The number of carbonyl (C=O) groups excluding carboxylic acids is 3. The van der Waals surface area contributed by atoms with Crippen molar-refractivity contribution in [3.05, 3.63) is 35.5 Å². The van der Waals surface area contributed by atoms with Crippen molar-refractivity contribution in [1.29, 1.82) is 0 Å². The minimum Gasteiger partial charge on any atom is -0.463 e. The number of hydrogen-bond acceptors (Lipinski definition) is 9. The third-order valence-corrected chi connectivity index (χ3v) is 14.0. The Bertz CT molecular complexity index is 1590. The number of fused-ring (bicyclic) bond motifs is 6. The Kier molecular flexibility index (Phi) is 11.6. The molecule has 0 spiro atoms. The highest BCUT2D eigenvalue weighted by atomic mass is 35.5. The monoisotopic (exact) mass is 723 g/mol. The lowest BCUT2D eigenvalue weighted by Gasteiger charge is -2.64. The first-order valence-corrected chi connectivity index (χ1v) is 19.7. The SMILES string of the molecule is CC(=O)O[C@@H]1CC[C@]2(C)C3C[C@H](OC(C)=O)[C@@]4(C)C(CC[C@@H]4[C@H](C)CCCNCCNc4ccnc5cc(Cl)ccc45)C3[C@H](OC(C)=O)C[C@@H]2C1. The van der Waals surface area contributed by atoms with E-state index in [1.165, 1.54) is 13.8 Å². The molecule has 6 rings (SSSR count). The maximum Gasteiger partial charge on any atom is 0.302 e. The number of esters is 3. The summed E-state index contributed by atoms with van der Waals surface area (Å²) in [6.45, 7) is 14.3. The molecule has 0 bridgehead atoms. The summed E-state index contributed by atoms with van der Waals surface area (Å²) < 4.78 is 18.3. The zero-order chi connectivity index (χ0) is 36.5. The molecule has 1 heterocycles. The maximum absolute atomic E-state index is 12.7. The van der Waals surface area contributed by atoms with E-state index in [4.69, 9.17) is 25.8 Å². The van der Waals surface area contributed by atoms with Gasteiger partial charge in [0.1, 0.15) is 18.3 Å². The topological polar surface area (TPSA) is 116 Å². The zero-order valence-corrected chi connectivity index (χ0v) is 32.1. The highest BCUT2D eigenvalue weighted by molar-refractivity contribution is 6.31. The lowest BCUT2D eigenvalue weighted by molar-refractivity contribution is -0.224. The number of hydrogen-bond donors (Lipinski definition) is 2. The standard InChI is InChI=1S/C41H58ClN3O6/c1-24(8-7-16-43-18-19-45-35-14-17-44-36-22-29(42)9-10-31(35)36)32-11-12-33-39-34(23-38(41(32,33)6)51-27(4)48)40(5)15-13-30(49-25(2)46)20-28(40)21-37(39)50-26(3)47/h9-10,14,17,22,24,28,30,32-34,37-39,43H,7-8,11-13,15-16,18-21,23H2,1-6H3,(H,44,45)/t24-,28+,30-,32-,33?,34?,37-,38+,39?,40+,41-/m1/s1. The van der Waals surface area contributed by atoms with Crippen molar-refractivity contribution in [2.75, 3.05) is 25.0 Å². The maximum atomic E-state index is 12.7. The first-order chi connectivity index (χ1) is 24.3. The summed E-state index contributed by atoms with van der Waals surface area (Å²) in [5.74, 6) is 1.23. The number of rotatable bonds is 12. The molecule has 0 aliphatic heterocycles. The number of ether oxygens (including phenoxy) is 3. The molecule has 51 heavy (non-hydrogen) atoms. The van der Waals surface area contributed by atoms with Gasteiger partial charge >= 0.3 is 17.9 Å². The van der Waals surface area contributed by atoms with Crippen LogP contribution in [0.4, 0.5) is 5.69 Å². The van der Waals surface area contributed by atoms with Crippen LogP contribution in [0.3, 0.4) is 0 Å². The van der Waals surface area contributed by atoms with Gasteiger partial charge in [-0.05, 0) is 124 Å². The fourth-order valence-corrected chi connectivity index (χ4v) is 11.7. The molecule has 0 radical (unpaired) electrons. The van der Waals surface area contributed by atoms with E-state index in [2.05, 4.69) is 36.4 Å². The Morgan fingerprint density at radius 1 is 0.922 bits per heavy atom. The van der Waals surface area contributed by atoms with Crippen LogP contribution in [0.25, 0.3) is 10.9 Å². The van der Waals surface area contributed by atoms with Gasteiger partial charge in [-0.15, -0.1) is 0 Å². The summed E-state index contributed by atoms with van der Waals surface area (Å²) in [5.41, 5.74) is 1.74. The summed E-state index contributed by atoms with van der Waals surface area (Å²) in [4.78, 5) is 41.5. The number of carbonyl (C=O) groups is 3. The number of aromatic nitrogens is 1. The van der Waals surface area contributed by atoms with E-state index in [0.717, 1.165) is 94.0 Å². The van der Waals surface area contributed by atoms with Crippen LogP contribution >= 0.6 is 11.6 Å². The fraction of sp³-hybridized carbons (Fsp3) is 0.707. The molecule has 10 heteroatoms. The third-order valence-electron chi connectivity index (χ3n) is 13.7. The van der Waals surface area contributed by atoms with Crippen LogP contribution in [0.2, 0.25) is 5.02 Å². The lowest BCUT2D eigenvalue weighted by atomic mass is 9.43. The van der Waals surface area contributed by atoms with Gasteiger partial charge in [-0.1, -0.05) is 32.4 Å². The minimum absolute atomic E-state index is 0.000141. The van der Waals surface area contributed by atoms with Crippen molar-refractivity contribution in [1.82, 2.24) is 10.3 Å². The molecule has 4 aliphatic carbocycles. The van der Waals surface area contributed by atoms with Crippen molar-refractivity contribution in [3.8, 4) is 0 Å². The molecule has 2 N–H and O–H groups in total. The molecule has 9 nitrogen and oxygen atoms in total. The molecule has 11 atom stereocenters. The first kappa shape index (κ1) is 37.8. The lowest BCUT2D eigenvalue weighted by Crippen LogP contribution is -2.63. The van der Waals surface area contributed by atoms with Crippen LogP contribution in [0.5, 0.6) is 0 Å². The summed E-state index contributed by atoms with van der Waals surface area (Å²) in [6.07, 6.45) is 9.82. The van der Waals surface area contributed by atoms with E-state index in [1.54, 1.807) is 6.92 Å². The van der Waals surface area contributed by atoms with Crippen LogP contribution in [-0.4, -0.2) is 60.8 Å². The highest BCUT2D eigenvalue weighted by Crippen LogP contribution is 2.69. The number of halogens is 1. The predicted octanol–water partition coefficient (Wildman–Crippen LogP) is 7.98. The minimum atomic E-state index is -0.239. The van der Waals surface area contributed by atoms with E-state index < -0.39 is 0 Å². The number of pyridine rings is 1. The molecule has 1 aromatic heterocycles. The van der Waals surface area contributed by atoms with Crippen LogP contribution in [0, 0.1) is 46.3 Å². The average molecular weight is 724 g/mol. The van der Waals surface area contributed by atoms with E-state index in [1.807, 2.05) is 30.5 Å². The van der Waals surface area contributed by atoms with Crippen molar-refractivity contribution < 1.29 is 28.6 Å². The predicted molar refractivity (Wildman–Crippen MR) is 199 cm³/mol. The quantitative estimate of drug-likeness (QED) is 0.128. The van der Waals surface area contributed by atoms with Crippen molar-refractivity contribution in [2.45, 2.75) is 118 Å². The van der Waals surface area contributed by atoms with Crippen molar-refractivity contribution in [2.24, 2.45) is 46.3 Å². The number of nitrogens with zero attached hydrogens (tertiary/aromatic N) is 1. The summed E-state index contributed by atoms with van der Waals surface area (Å²) in [5, 5.41) is 8.90. The van der Waals surface area contributed by atoms with E-state index in [-0.39, 0.29) is 64.8 Å². The smallest absolute Gasteiger partial charge is 0.302 e.